The van der Waals surface area contributed by atoms with Crippen molar-refractivity contribution in [3.05, 3.63) is 71.8 Å². The van der Waals surface area contributed by atoms with Gasteiger partial charge in [-0.3, -0.25) is 9.69 Å². The van der Waals surface area contributed by atoms with Crippen molar-refractivity contribution < 1.29 is 4.79 Å². The number of likely N-dealkylation sites (N-methyl/N-ethyl adjacent to an activating group) is 1. The first-order valence-corrected chi connectivity index (χ1v) is 9.89. The van der Waals surface area contributed by atoms with Crippen LogP contribution >= 0.6 is 0 Å². The van der Waals surface area contributed by atoms with Gasteiger partial charge in [-0.2, -0.15) is 0 Å². The number of carbonyl (C=O) groups is 1. The zero-order valence-corrected chi connectivity index (χ0v) is 16.4. The lowest BCUT2D eigenvalue weighted by atomic mass is 9.93. The van der Waals surface area contributed by atoms with Gasteiger partial charge >= 0.3 is 0 Å². The molecule has 4 nitrogen and oxygen atoms in total. The van der Waals surface area contributed by atoms with E-state index in [0.29, 0.717) is 12.6 Å². The lowest BCUT2D eigenvalue weighted by molar-refractivity contribution is -0.134. The summed E-state index contributed by atoms with van der Waals surface area (Å²) in [6.45, 7) is 4.60. The molecule has 4 heteroatoms. The number of likely N-dealkylation sites (tertiary alicyclic amines) is 1. The highest BCUT2D eigenvalue weighted by Gasteiger charge is 2.32. The van der Waals surface area contributed by atoms with Crippen LogP contribution in [0.1, 0.15) is 36.8 Å². The Balaban J connectivity index is 1.61. The van der Waals surface area contributed by atoms with Crippen LogP contribution in [0.3, 0.4) is 0 Å². The maximum absolute atomic E-state index is 13.1. The molecule has 0 spiro atoms. The number of hydrogen-bond acceptors (Lipinski definition) is 3. The Bertz CT molecular complexity index is 719. The van der Waals surface area contributed by atoms with Gasteiger partial charge in [0.15, 0.2) is 0 Å². The number of benzene rings is 2. The maximum atomic E-state index is 13.1. The summed E-state index contributed by atoms with van der Waals surface area (Å²) in [6, 6.07) is 21.2. The molecule has 144 valence electrons. The minimum atomic E-state index is -0.256. The number of nitrogens with zero attached hydrogens (tertiary/aromatic N) is 2. The van der Waals surface area contributed by atoms with Crippen LogP contribution in [0.2, 0.25) is 0 Å². The molecule has 0 saturated carbocycles. The van der Waals surface area contributed by atoms with E-state index < -0.39 is 0 Å². The van der Waals surface area contributed by atoms with Gasteiger partial charge < -0.3 is 10.6 Å². The Morgan fingerprint density at radius 1 is 1.15 bits per heavy atom. The van der Waals surface area contributed by atoms with Gasteiger partial charge in [-0.15, -0.1) is 0 Å². The van der Waals surface area contributed by atoms with E-state index in [9.17, 15) is 4.79 Å². The van der Waals surface area contributed by atoms with Crippen LogP contribution in [0.15, 0.2) is 60.7 Å². The Labute approximate surface area is 163 Å². The van der Waals surface area contributed by atoms with Gasteiger partial charge in [0.2, 0.25) is 5.91 Å². The molecule has 2 N–H and O–H groups in total. The van der Waals surface area contributed by atoms with Crippen molar-refractivity contribution in [3.8, 4) is 0 Å². The Morgan fingerprint density at radius 3 is 2.37 bits per heavy atom. The molecule has 0 unspecified atom stereocenters. The predicted molar refractivity (Wildman–Crippen MR) is 110 cm³/mol. The summed E-state index contributed by atoms with van der Waals surface area (Å²) >= 11 is 0. The minimum absolute atomic E-state index is 0.136. The Morgan fingerprint density at radius 2 is 1.78 bits per heavy atom. The average Bonchev–Trinajstić information content (AvgIpc) is 2.71. The standard InChI is InChI=1S/C23H31N3O/c1-18-15-21(13-14-26(18)17-19-9-5-3-6-10-19)25(2)23(27)22(16-24)20-11-7-4-8-12-20/h3-12,18,21-22H,13-17,24H2,1-2H3/t18-,21+,22-/m1/s1. The van der Waals surface area contributed by atoms with Gasteiger partial charge in [-0.1, -0.05) is 60.7 Å². The highest BCUT2D eigenvalue weighted by atomic mass is 16.2. The van der Waals surface area contributed by atoms with E-state index >= 15 is 0 Å². The summed E-state index contributed by atoms with van der Waals surface area (Å²) in [7, 11) is 1.94. The van der Waals surface area contributed by atoms with E-state index in [2.05, 4.69) is 42.2 Å². The number of amides is 1. The van der Waals surface area contributed by atoms with Crippen molar-refractivity contribution in [1.82, 2.24) is 9.80 Å². The third kappa shape index (κ3) is 4.76. The van der Waals surface area contributed by atoms with Crippen LogP contribution in [-0.4, -0.2) is 47.9 Å². The molecule has 3 atom stereocenters. The molecule has 1 amide bonds. The number of hydrogen-bond donors (Lipinski definition) is 1. The van der Waals surface area contributed by atoms with E-state index in [1.165, 1.54) is 5.56 Å². The molecule has 0 aliphatic carbocycles. The zero-order chi connectivity index (χ0) is 19.2. The molecule has 0 bridgehead atoms. The zero-order valence-electron chi connectivity index (χ0n) is 16.4. The summed E-state index contributed by atoms with van der Waals surface area (Å²) in [5.74, 6) is -0.119. The van der Waals surface area contributed by atoms with E-state index in [-0.39, 0.29) is 17.9 Å². The number of rotatable bonds is 6. The lowest BCUT2D eigenvalue weighted by Crippen LogP contribution is -2.50. The fraction of sp³-hybridized carbons (Fsp3) is 0.435. The second-order valence-electron chi connectivity index (χ2n) is 7.63. The molecule has 2 aromatic rings. The Kier molecular flexibility index (Phi) is 6.64. The normalized spacial score (nSPS) is 21.6. The first-order valence-electron chi connectivity index (χ1n) is 9.89. The SMILES string of the molecule is C[C@@H]1C[C@@H](N(C)C(=O)[C@H](CN)c2ccccc2)CCN1Cc1ccccc1. The quantitative estimate of drug-likeness (QED) is 0.855. The minimum Gasteiger partial charge on any atom is -0.342 e. The van der Waals surface area contributed by atoms with Crippen molar-refractivity contribution in [2.24, 2.45) is 5.73 Å². The first kappa shape index (κ1) is 19.6. The van der Waals surface area contributed by atoms with Gasteiger partial charge in [-0.05, 0) is 30.9 Å². The van der Waals surface area contributed by atoms with Gasteiger partial charge in [0.05, 0.1) is 5.92 Å². The van der Waals surface area contributed by atoms with Gasteiger partial charge in [-0.25, -0.2) is 0 Å². The molecular weight excluding hydrogens is 334 g/mol. The first-order chi connectivity index (χ1) is 13.1. The predicted octanol–water partition coefficient (Wildman–Crippen LogP) is 3.24. The fourth-order valence-corrected chi connectivity index (χ4v) is 4.09. The van der Waals surface area contributed by atoms with Crippen molar-refractivity contribution >= 4 is 5.91 Å². The second-order valence-corrected chi connectivity index (χ2v) is 7.63. The lowest BCUT2D eigenvalue weighted by Gasteiger charge is -2.42. The highest BCUT2D eigenvalue weighted by Crippen LogP contribution is 2.26. The molecule has 1 aliphatic rings. The third-order valence-electron chi connectivity index (χ3n) is 5.85. The van der Waals surface area contributed by atoms with Crippen LogP contribution in [0.4, 0.5) is 0 Å². The smallest absolute Gasteiger partial charge is 0.231 e. The van der Waals surface area contributed by atoms with Gasteiger partial charge in [0, 0.05) is 38.8 Å². The van der Waals surface area contributed by atoms with E-state index in [4.69, 9.17) is 5.73 Å². The second kappa shape index (κ2) is 9.16. The van der Waals surface area contributed by atoms with Gasteiger partial charge in [0.25, 0.3) is 0 Å². The summed E-state index contributed by atoms with van der Waals surface area (Å²) in [4.78, 5) is 17.5. The van der Waals surface area contributed by atoms with E-state index in [1.54, 1.807) is 0 Å². The maximum Gasteiger partial charge on any atom is 0.231 e. The van der Waals surface area contributed by atoms with Crippen LogP contribution in [0.5, 0.6) is 0 Å². The summed E-state index contributed by atoms with van der Waals surface area (Å²) in [5.41, 5.74) is 8.31. The molecule has 0 aromatic heterocycles. The van der Waals surface area contributed by atoms with Crippen LogP contribution in [-0.2, 0) is 11.3 Å². The van der Waals surface area contributed by atoms with Crippen LogP contribution < -0.4 is 5.73 Å². The van der Waals surface area contributed by atoms with Crippen molar-refractivity contribution in [2.75, 3.05) is 20.1 Å². The largest absolute Gasteiger partial charge is 0.342 e. The van der Waals surface area contributed by atoms with E-state index in [0.717, 1.165) is 31.5 Å². The third-order valence-corrected chi connectivity index (χ3v) is 5.85. The van der Waals surface area contributed by atoms with Crippen LogP contribution in [0, 0.1) is 0 Å². The summed E-state index contributed by atoms with van der Waals surface area (Å²) in [5, 5.41) is 0. The summed E-state index contributed by atoms with van der Waals surface area (Å²) in [6.07, 6.45) is 2.01. The number of nitrogens with two attached hydrogens (primary N) is 1. The Hall–Kier alpha value is -2.17. The molecule has 1 aliphatic heterocycles. The molecule has 27 heavy (non-hydrogen) atoms. The topological polar surface area (TPSA) is 49.6 Å². The number of piperidine rings is 1. The van der Waals surface area contributed by atoms with E-state index in [1.807, 2.05) is 42.3 Å². The van der Waals surface area contributed by atoms with Crippen molar-refractivity contribution in [1.29, 1.82) is 0 Å². The highest BCUT2D eigenvalue weighted by molar-refractivity contribution is 5.84. The van der Waals surface area contributed by atoms with Crippen molar-refractivity contribution in [3.63, 3.8) is 0 Å². The molecule has 3 rings (SSSR count). The molecule has 0 radical (unpaired) electrons. The van der Waals surface area contributed by atoms with Crippen LogP contribution in [0.25, 0.3) is 0 Å². The fourth-order valence-electron chi connectivity index (χ4n) is 4.09. The molecule has 1 fully saturated rings. The van der Waals surface area contributed by atoms with Gasteiger partial charge in [0.1, 0.15) is 0 Å². The molecular formula is C23H31N3O. The molecule has 1 saturated heterocycles. The molecule has 2 aromatic carbocycles. The van der Waals surface area contributed by atoms with Crippen molar-refractivity contribution in [2.45, 2.75) is 44.3 Å². The summed E-state index contributed by atoms with van der Waals surface area (Å²) < 4.78 is 0. The number of carbonyl (C=O) groups excluding carboxylic acids is 1. The monoisotopic (exact) mass is 365 g/mol. The molecule has 1 heterocycles. The average molecular weight is 366 g/mol.